The van der Waals surface area contributed by atoms with E-state index in [0.717, 1.165) is 4.74 Å². The lowest BCUT2D eigenvalue weighted by atomic mass is 10.2. The zero-order valence-electron chi connectivity index (χ0n) is 15.4. The van der Waals surface area contributed by atoms with Gasteiger partial charge in [-0.1, -0.05) is 7.77 Å². The number of hydrogen-bond donors (Lipinski definition) is 0. The summed E-state index contributed by atoms with van der Waals surface area (Å²) in [4.78, 5) is 0. The first-order valence-electron chi connectivity index (χ1n) is 7.17. The van der Waals surface area contributed by atoms with Gasteiger partial charge in [-0.05, 0) is 0 Å². The molecular weight excluding hydrogens is 645 g/mol. The standard InChI is InChI=1S/C9HF19O7S2/c10-1(2(11,12)13)33-4(15,16)3(14,34-6(19,20)8(23,24)36(27,29)30)5(17,18)35-7(21,22)9(25,26)37(28,31)32/h1H. The summed E-state index contributed by atoms with van der Waals surface area (Å²) in [7, 11) is -16.6. The second-order valence-corrected chi connectivity index (χ2v) is 8.53. The van der Waals surface area contributed by atoms with Crippen LogP contribution in [0.2, 0.25) is 0 Å². The maximum atomic E-state index is 14.3. The van der Waals surface area contributed by atoms with Gasteiger partial charge < -0.3 is 0 Å². The smallest absolute Gasteiger partial charge is 0.272 e. The van der Waals surface area contributed by atoms with Gasteiger partial charge in [0, 0.05) is 0 Å². The number of ether oxygens (including phenoxy) is 3. The summed E-state index contributed by atoms with van der Waals surface area (Å²) >= 11 is 0. The van der Waals surface area contributed by atoms with Gasteiger partial charge in [-0.15, -0.1) is 0 Å². The lowest BCUT2D eigenvalue weighted by molar-refractivity contribution is -0.561. The summed E-state index contributed by atoms with van der Waals surface area (Å²) < 4.78 is 290. The zero-order chi connectivity index (χ0) is 30.7. The molecule has 0 aromatic carbocycles. The van der Waals surface area contributed by atoms with Gasteiger partial charge in [0.15, 0.2) is 0 Å². The molecule has 0 saturated heterocycles. The molecule has 0 radical (unpaired) electrons. The van der Waals surface area contributed by atoms with E-state index in [4.69, 9.17) is 0 Å². The first-order valence-corrected chi connectivity index (χ1v) is 9.94. The molecule has 0 amide bonds. The lowest BCUT2D eigenvalue weighted by Crippen LogP contribution is -2.68. The van der Waals surface area contributed by atoms with Crippen LogP contribution in [0.15, 0.2) is 0 Å². The van der Waals surface area contributed by atoms with Gasteiger partial charge in [0.1, 0.15) is 0 Å². The minimum absolute atomic E-state index is 1.16. The molecule has 0 fully saturated rings. The average molecular weight is 646 g/mol. The molecule has 0 aliphatic rings. The predicted molar refractivity (Wildman–Crippen MR) is 67.8 cm³/mol. The molecule has 0 spiro atoms. The highest BCUT2D eigenvalue weighted by molar-refractivity contribution is 7.87. The van der Waals surface area contributed by atoms with Crippen molar-refractivity contribution in [2.75, 3.05) is 0 Å². The van der Waals surface area contributed by atoms with Crippen molar-refractivity contribution in [3.63, 3.8) is 0 Å². The fraction of sp³-hybridized carbons (Fsp3) is 1.00. The Labute approximate surface area is 188 Å². The average Bonchev–Trinajstić information content (AvgIpc) is 2.56. The van der Waals surface area contributed by atoms with Crippen molar-refractivity contribution in [3.8, 4) is 0 Å². The van der Waals surface area contributed by atoms with Crippen LogP contribution < -0.4 is 0 Å². The Morgan fingerprint density at radius 2 is 0.784 bits per heavy atom. The summed E-state index contributed by atoms with van der Waals surface area (Å²) in [6.07, 6.45) is -45.5. The second kappa shape index (κ2) is 9.28. The van der Waals surface area contributed by atoms with E-state index in [9.17, 15) is 99.2 Å². The Balaban J connectivity index is 7.21. The highest BCUT2D eigenvalue weighted by Crippen LogP contribution is 2.56. The fourth-order valence-electron chi connectivity index (χ4n) is 1.37. The Morgan fingerprint density at radius 1 is 0.486 bits per heavy atom. The van der Waals surface area contributed by atoms with Crippen LogP contribution in [0.5, 0.6) is 0 Å². The molecule has 2 unspecified atom stereocenters. The van der Waals surface area contributed by atoms with Gasteiger partial charge in [-0.25, -0.2) is 9.13 Å². The first kappa shape index (κ1) is 35.4. The van der Waals surface area contributed by atoms with Gasteiger partial charge in [0.05, 0.1) is 0 Å². The van der Waals surface area contributed by atoms with Gasteiger partial charge in [0.2, 0.25) is 0 Å². The molecule has 0 heterocycles. The Kier molecular flexibility index (Phi) is 8.89. The van der Waals surface area contributed by atoms with Crippen molar-refractivity contribution >= 4 is 20.4 Å². The lowest BCUT2D eigenvalue weighted by Gasteiger charge is -2.40. The number of alkyl halides is 17. The van der Waals surface area contributed by atoms with Crippen molar-refractivity contribution < 1.29 is 113 Å². The highest BCUT2D eigenvalue weighted by Gasteiger charge is 2.85. The monoisotopic (exact) mass is 646 g/mol. The van der Waals surface area contributed by atoms with Crippen molar-refractivity contribution in [2.45, 2.75) is 53.3 Å². The van der Waals surface area contributed by atoms with Gasteiger partial charge in [-0.2, -0.15) is 87.1 Å². The zero-order valence-corrected chi connectivity index (χ0v) is 17.1. The minimum Gasteiger partial charge on any atom is -0.272 e. The van der Waals surface area contributed by atoms with E-state index in [1.165, 1.54) is 9.47 Å². The van der Waals surface area contributed by atoms with E-state index in [2.05, 4.69) is 0 Å². The molecule has 37 heavy (non-hydrogen) atoms. The number of hydrogen-bond acceptors (Lipinski definition) is 7. The summed E-state index contributed by atoms with van der Waals surface area (Å²) in [5.74, 6) is -8.49. The maximum Gasteiger partial charge on any atom is 0.464 e. The van der Waals surface area contributed by atoms with Crippen LogP contribution in [0.3, 0.4) is 0 Å². The van der Waals surface area contributed by atoms with Crippen LogP contribution in [0, 0.1) is 0 Å². The molecule has 224 valence electrons. The molecule has 0 bridgehead atoms. The number of halogens is 19. The molecule has 0 aliphatic carbocycles. The molecular formula is C9HF19O7S2. The van der Waals surface area contributed by atoms with Crippen LogP contribution in [0.1, 0.15) is 0 Å². The Bertz CT molecular complexity index is 1050. The second-order valence-electron chi connectivity index (χ2n) is 5.75. The molecule has 0 N–H and O–H groups in total. The molecule has 0 aromatic rings. The third kappa shape index (κ3) is 6.37. The SMILES string of the molecule is O=S(=O)(F)C(F)(F)C(F)(F)OC(F)(F)C(F)(OC(F)(F)C(F)(F)S(=O)(=O)F)C(F)(F)OC(F)C(F)(F)F. The van der Waals surface area contributed by atoms with Crippen molar-refractivity contribution in [2.24, 2.45) is 0 Å². The predicted octanol–water partition coefficient (Wildman–Crippen LogP) is 4.72. The van der Waals surface area contributed by atoms with Crippen LogP contribution in [0.4, 0.5) is 82.4 Å². The molecule has 0 saturated carbocycles. The largest absolute Gasteiger partial charge is 0.464 e. The van der Waals surface area contributed by atoms with Gasteiger partial charge in [0.25, 0.3) is 6.36 Å². The van der Waals surface area contributed by atoms with Gasteiger partial charge >= 0.3 is 67.4 Å². The third-order valence-electron chi connectivity index (χ3n) is 3.07. The van der Waals surface area contributed by atoms with E-state index in [1.54, 1.807) is 0 Å². The van der Waals surface area contributed by atoms with Crippen molar-refractivity contribution in [3.05, 3.63) is 0 Å². The molecule has 28 heteroatoms. The quantitative estimate of drug-likeness (QED) is 0.224. The highest BCUT2D eigenvalue weighted by atomic mass is 32.3. The van der Waals surface area contributed by atoms with E-state index in [-0.39, 0.29) is 0 Å². The Hall–Kier alpha value is -1.55. The molecule has 7 nitrogen and oxygen atoms in total. The van der Waals surface area contributed by atoms with Crippen LogP contribution in [-0.4, -0.2) is 70.2 Å². The topological polar surface area (TPSA) is 96.0 Å². The fourth-order valence-corrected chi connectivity index (χ4v) is 2.02. The van der Waals surface area contributed by atoms with Gasteiger partial charge in [-0.3, -0.25) is 9.47 Å². The summed E-state index contributed by atoms with van der Waals surface area (Å²) in [5, 5.41) is -15.7. The summed E-state index contributed by atoms with van der Waals surface area (Å²) in [6, 6.07) is 0. The number of rotatable bonds is 12. The molecule has 0 aromatic heterocycles. The Morgan fingerprint density at radius 3 is 1.05 bits per heavy atom. The van der Waals surface area contributed by atoms with E-state index in [0.29, 0.717) is 0 Å². The van der Waals surface area contributed by atoms with Crippen LogP contribution in [-0.2, 0) is 34.7 Å². The molecule has 0 aliphatic heterocycles. The summed E-state index contributed by atoms with van der Waals surface area (Å²) in [6.45, 7) is 0. The minimum atomic E-state index is -8.49. The van der Waals surface area contributed by atoms with E-state index < -0.39 is 73.8 Å². The van der Waals surface area contributed by atoms with Crippen LogP contribution in [0.25, 0.3) is 0 Å². The van der Waals surface area contributed by atoms with Crippen LogP contribution >= 0.6 is 0 Å². The molecule has 2 atom stereocenters. The molecule has 0 rings (SSSR count). The van der Waals surface area contributed by atoms with Crippen molar-refractivity contribution in [1.29, 1.82) is 0 Å². The van der Waals surface area contributed by atoms with E-state index >= 15 is 0 Å². The first-order chi connectivity index (χ1) is 15.5. The van der Waals surface area contributed by atoms with Crippen molar-refractivity contribution in [1.82, 2.24) is 0 Å². The summed E-state index contributed by atoms with van der Waals surface area (Å²) in [5.41, 5.74) is 0. The maximum absolute atomic E-state index is 14.3. The normalized spacial score (nSPS) is 18.5. The van der Waals surface area contributed by atoms with E-state index in [1.807, 2.05) is 0 Å². The third-order valence-corrected chi connectivity index (χ3v) is 4.77.